The first kappa shape index (κ1) is 13.2. The van der Waals surface area contributed by atoms with Gasteiger partial charge in [-0.15, -0.1) is 0 Å². The maximum absolute atomic E-state index is 9.81. The Kier molecular flexibility index (Phi) is 5.96. The van der Waals surface area contributed by atoms with Crippen molar-refractivity contribution in [3.05, 3.63) is 0 Å². The van der Waals surface area contributed by atoms with Gasteiger partial charge in [0.1, 0.15) is 0 Å². The van der Waals surface area contributed by atoms with Gasteiger partial charge in [-0.2, -0.15) is 11.8 Å². The van der Waals surface area contributed by atoms with Gasteiger partial charge in [0, 0.05) is 11.5 Å². The standard InChI is InChI=1S/C9H20O3S/c1-7(2)9(3,12)6-13-5-8(11)4-10/h7-8,10-12H,4-6H2,1-3H3. The first-order chi connectivity index (χ1) is 5.90. The Morgan fingerprint density at radius 2 is 1.92 bits per heavy atom. The average Bonchev–Trinajstić information content (AvgIpc) is 2.03. The van der Waals surface area contributed by atoms with Crippen molar-refractivity contribution in [1.82, 2.24) is 0 Å². The Hall–Kier alpha value is 0.230. The minimum absolute atomic E-state index is 0.200. The van der Waals surface area contributed by atoms with Crippen LogP contribution in [0, 0.1) is 5.92 Å². The summed E-state index contributed by atoms with van der Waals surface area (Å²) in [6, 6.07) is 0. The summed E-state index contributed by atoms with van der Waals surface area (Å²) in [4.78, 5) is 0. The molecule has 13 heavy (non-hydrogen) atoms. The summed E-state index contributed by atoms with van der Waals surface area (Å²) in [5.74, 6) is 1.26. The van der Waals surface area contributed by atoms with E-state index >= 15 is 0 Å². The van der Waals surface area contributed by atoms with E-state index in [9.17, 15) is 5.11 Å². The molecule has 0 saturated carbocycles. The molecule has 3 nitrogen and oxygen atoms in total. The molecule has 0 rings (SSSR count). The van der Waals surface area contributed by atoms with E-state index in [4.69, 9.17) is 10.2 Å². The van der Waals surface area contributed by atoms with Gasteiger partial charge in [-0.05, 0) is 12.8 Å². The van der Waals surface area contributed by atoms with Gasteiger partial charge in [-0.3, -0.25) is 0 Å². The van der Waals surface area contributed by atoms with Gasteiger partial charge in [0.05, 0.1) is 18.3 Å². The Morgan fingerprint density at radius 1 is 1.38 bits per heavy atom. The highest BCUT2D eigenvalue weighted by Gasteiger charge is 2.24. The molecule has 0 saturated heterocycles. The molecular weight excluding hydrogens is 188 g/mol. The van der Waals surface area contributed by atoms with Crippen LogP contribution in [0.2, 0.25) is 0 Å². The smallest absolute Gasteiger partial charge is 0.0861 e. The van der Waals surface area contributed by atoms with E-state index in [-0.39, 0.29) is 12.5 Å². The predicted molar refractivity (Wildman–Crippen MR) is 55.9 cm³/mol. The third-order valence-corrected chi connectivity index (χ3v) is 3.57. The maximum Gasteiger partial charge on any atom is 0.0861 e. The minimum atomic E-state index is -0.695. The SMILES string of the molecule is CC(C)C(C)(O)CSCC(O)CO. The molecule has 0 heterocycles. The summed E-state index contributed by atoms with van der Waals surface area (Å²) in [5, 5.41) is 27.4. The van der Waals surface area contributed by atoms with Crippen molar-refractivity contribution >= 4 is 11.8 Å². The van der Waals surface area contributed by atoms with E-state index in [2.05, 4.69) is 0 Å². The first-order valence-electron chi connectivity index (χ1n) is 4.49. The molecule has 0 aromatic carbocycles. The number of thioether (sulfide) groups is 1. The van der Waals surface area contributed by atoms with Crippen molar-refractivity contribution in [1.29, 1.82) is 0 Å². The van der Waals surface area contributed by atoms with E-state index in [1.54, 1.807) is 6.92 Å². The Morgan fingerprint density at radius 3 is 2.31 bits per heavy atom. The van der Waals surface area contributed by atoms with Crippen molar-refractivity contribution in [2.24, 2.45) is 5.92 Å². The molecule has 0 fully saturated rings. The zero-order chi connectivity index (χ0) is 10.5. The Labute approximate surface area is 84.2 Å². The summed E-state index contributed by atoms with van der Waals surface area (Å²) in [6.45, 7) is 5.50. The van der Waals surface area contributed by atoms with Crippen molar-refractivity contribution in [3.8, 4) is 0 Å². The molecule has 0 aromatic heterocycles. The van der Waals surface area contributed by atoms with Crippen molar-refractivity contribution < 1.29 is 15.3 Å². The topological polar surface area (TPSA) is 60.7 Å². The summed E-state index contributed by atoms with van der Waals surface area (Å²) in [5.41, 5.74) is -0.695. The molecule has 2 atom stereocenters. The lowest BCUT2D eigenvalue weighted by atomic mass is 9.95. The number of rotatable bonds is 6. The number of aliphatic hydroxyl groups excluding tert-OH is 2. The largest absolute Gasteiger partial charge is 0.394 e. The third-order valence-electron chi connectivity index (χ3n) is 2.16. The van der Waals surface area contributed by atoms with Crippen LogP contribution in [0.4, 0.5) is 0 Å². The van der Waals surface area contributed by atoms with Crippen LogP contribution in [-0.4, -0.2) is 45.1 Å². The molecule has 3 N–H and O–H groups in total. The third kappa shape index (κ3) is 5.52. The lowest BCUT2D eigenvalue weighted by Gasteiger charge is -2.27. The van der Waals surface area contributed by atoms with Crippen molar-refractivity contribution in [3.63, 3.8) is 0 Å². The van der Waals surface area contributed by atoms with Gasteiger partial charge in [0.25, 0.3) is 0 Å². The molecule has 4 heteroatoms. The Balaban J connectivity index is 3.63. The maximum atomic E-state index is 9.81. The van der Waals surface area contributed by atoms with Crippen LogP contribution in [0.3, 0.4) is 0 Å². The molecule has 0 amide bonds. The zero-order valence-electron chi connectivity index (χ0n) is 8.53. The molecule has 0 aliphatic carbocycles. The van der Waals surface area contributed by atoms with Gasteiger partial charge >= 0.3 is 0 Å². The van der Waals surface area contributed by atoms with E-state index in [1.165, 1.54) is 11.8 Å². The molecule has 0 aromatic rings. The molecule has 0 spiro atoms. The van der Waals surface area contributed by atoms with E-state index in [1.807, 2.05) is 13.8 Å². The van der Waals surface area contributed by atoms with Crippen LogP contribution < -0.4 is 0 Å². The van der Waals surface area contributed by atoms with Crippen LogP contribution in [0.5, 0.6) is 0 Å². The molecule has 2 unspecified atom stereocenters. The quantitative estimate of drug-likeness (QED) is 0.594. The van der Waals surface area contributed by atoms with Crippen LogP contribution in [0.15, 0.2) is 0 Å². The summed E-state index contributed by atoms with van der Waals surface area (Å²) in [7, 11) is 0. The average molecular weight is 208 g/mol. The summed E-state index contributed by atoms with van der Waals surface area (Å²) >= 11 is 1.46. The lowest BCUT2D eigenvalue weighted by molar-refractivity contribution is 0.0374. The van der Waals surface area contributed by atoms with E-state index in [0.717, 1.165) is 0 Å². The first-order valence-corrected chi connectivity index (χ1v) is 5.64. The van der Waals surface area contributed by atoms with Crippen LogP contribution in [0.25, 0.3) is 0 Å². The van der Waals surface area contributed by atoms with Crippen LogP contribution >= 0.6 is 11.8 Å². The van der Waals surface area contributed by atoms with Gasteiger partial charge in [0.15, 0.2) is 0 Å². The molecule has 0 aliphatic heterocycles. The summed E-state index contributed by atoms with van der Waals surface area (Å²) < 4.78 is 0. The predicted octanol–water partition coefficient (Wildman–Crippen LogP) is 0.480. The molecule has 0 bridgehead atoms. The van der Waals surface area contributed by atoms with Gasteiger partial charge < -0.3 is 15.3 Å². The molecular formula is C9H20O3S. The zero-order valence-corrected chi connectivity index (χ0v) is 9.34. The normalized spacial score (nSPS) is 18.7. The van der Waals surface area contributed by atoms with E-state index < -0.39 is 11.7 Å². The monoisotopic (exact) mass is 208 g/mol. The fourth-order valence-corrected chi connectivity index (χ4v) is 1.86. The summed E-state index contributed by atoms with van der Waals surface area (Å²) in [6.07, 6.45) is -0.673. The molecule has 0 aliphatic rings. The second-order valence-electron chi connectivity index (χ2n) is 3.86. The number of hydrogen-bond acceptors (Lipinski definition) is 4. The number of aliphatic hydroxyl groups is 3. The highest BCUT2D eigenvalue weighted by Crippen LogP contribution is 2.21. The fourth-order valence-electron chi connectivity index (χ4n) is 0.621. The van der Waals surface area contributed by atoms with Gasteiger partial charge in [0.2, 0.25) is 0 Å². The Bertz CT molecular complexity index is 137. The highest BCUT2D eigenvalue weighted by atomic mass is 32.2. The minimum Gasteiger partial charge on any atom is -0.394 e. The van der Waals surface area contributed by atoms with Gasteiger partial charge in [-0.25, -0.2) is 0 Å². The second-order valence-corrected chi connectivity index (χ2v) is 4.89. The van der Waals surface area contributed by atoms with Crippen LogP contribution in [-0.2, 0) is 0 Å². The molecule has 0 radical (unpaired) electrons. The van der Waals surface area contributed by atoms with Crippen molar-refractivity contribution in [2.45, 2.75) is 32.5 Å². The van der Waals surface area contributed by atoms with E-state index in [0.29, 0.717) is 11.5 Å². The second kappa shape index (κ2) is 5.86. The highest BCUT2D eigenvalue weighted by molar-refractivity contribution is 7.99. The number of hydrogen-bond donors (Lipinski definition) is 3. The van der Waals surface area contributed by atoms with Gasteiger partial charge in [-0.1, -0.05) is 13.8 Å². The molecule has 80 valence electrons. The van der Waals surface area contributed by atoms with Crippen molar-refractivity contribution in [2.75, 3.05) is 18.1 Å². The lowest BCUT2D eigenvalue weighted by Crippen LogP contribution is -2.34. The fraction of sp³-hybridized carbons (Fsp3) is 1.00. The van der Waals surface area contributed by atoms with Crippen LogP contribution in [0.1, 0.15) is 20.8 Å².